The zero-order valence-electron chi connectivity index (χ0n) is 23.3. The van der Waals surface area contributed by atoms with Crippen LogP contribution in [0.15, 0.2) is 79.4 Å². The van der Waals surface area contributed by atoms with Gasteiger partial charge in [0.15, 0.2) is 11.4 Å². The van der Waals surface area contributed by atoms with Gasteiger partial charge in [0.2, 0.25) is 0 Å². The van der Waals surface area contributed by atoms with Crippen LogP contribution in [0.1, 0.15) is 43.1 Å². The summed E-state index contributed by atoms with van der Waals surface area (Å²) in [5.41, 5.74) is -0.511. The molecule has 0 saturated carbocycles. The normalized spacial score (nSPS) is 25.0. The van der Waals surface area contributed by atoms with Crippen molar-refractivity contribution in [2.75, 3.05) is 23.0 Å². The Bertz CT molecular complexity index is 1550. The molecule has 1 saturated heterocycles. The molecule has 1 fully saturated rings. The zero-order chi connectivity index (χ0) is 29.1. The number of carbonyl (C=O) groups excluding carboxylic acids is 2. The van der Waals surface area contributed by atoms with Crippen molar-refractivity contribution in [2.24, 2.45) is 11.8 Å². The molecular formula is C33H33FN2O5. The second-order valence-corrected chi connectivity index (χ2v) is 11.4. The first kappa shape index (κ1) is 27.2. The fraction of sp³-hybridized carbons (Fsp3) is 0.333. The number of benzene rings is 3. The minimum absolute atomic E-state index is 0.194. The van der Waals surface area contributed by atoms with Gasteiger partial charge in [-0.15, -0.1) is 6.58 Å². The Morgan fingerprint density at radius 2 is 1.76 bits per heavy atom. The van der Waals surface area contributed by atoms with E-state index >= 15 is 4.39 Å². The van der Waals surface area contributed by atoms with Crippen LogP contribution in [0.3, 0.4) is 0 Å². The highest BCUT2D eigenvalue weighted by molar-refractivity contribution is 6.15. The maximum absolute atomic E-state index is 15.7. The van der Waals surface area contributed by atoms with Crippen molar-refractivity contribution in [1.82, 2.24) is 0 Å². The van der Waals surface area contributed by atoms with E-state index in [0.717, 1.165) is 0 Å². The number of nitrogens with zero attached hydrogens (tertiary/aromatic N) is 2. The molecule has 3 aromatic carbocycles. The number of carbonyl (C=O) groups is 2. The quantitative estimate of drug-likeness (QED) is 0.362. The third-order valence-corrected chi connectivity index (χ3v) is 8.57. The SMILES string of the molecule is C=CCN1C(=O)[C@]2(O[C@H](CCO)[C@@H](C(C)(C)F)[C@@H]2C)c2cc(N3C(=O)c4ccccc4Oc4ccccc43)ccc21. The van der Waals surface area contributed by atoms with E-state index in [1.54, 1.807) is 58.3 Å². The Hall–Kier alpha value is -4.01. The molecule has 0 aromatic heterocycles. The topological polar surface area (TPSA) is 79.3 Å². The number of alkyl halides is 1. The van der Waals surface area contributed by atoms with Crippen LogP contribution in [0.2, 0.25) is 0 Å². The van der Waals surface area contributed by atoms with Gasteiger partial charge in [0, 0.05) is 36.2 Å². The van der Waals surface area contributed by atoms with Crippen molar-refractivity contribution in [3.8, 4) is 11.5 Å². The summed E-state index contributed by atoms with van der Waals surface area (Å²) < 4.78 is 28.4. The maximum Gasteiger partial charge on any atom is 0.266 e. The van der Waals surface area contributed by atoms with E-state index in [-0.39, 0.29) is 31.4 Å². The smallest absolute Gasteiger partial charge is 0.266 e. The zero-order valence-corrected chi connectivity index (χ0v) is 23.3. The molecular weight excluding hydrogens is 523 g/mol. The molecule has 6 rings (SSSR count). The average molecular weight is 557 g/mol. The molecule has 0 aliphatic carbocycles. The van der Waals surface area contributed by atoms with Gasteiger partial charge in [0.1, 0.15) is 11.4 Å². The van der Waals surface area contributed by atoms with Crippen molar-refractivity contribution >= 4 is 28.9 Å². The van der Waals surface area contributed by atoms with Gasteiger partial charge in [-0.25, -0.2) is 4.39 Å². The number of para-hydroxylation sites is 3. The monoisotopic (exact) mass is 556 g/mol. The summed E-state index contributed by atoms with van der Waals surface area (Å²) in [4.78, 5) is 31.5. The summed E-state index contributed by atoms with van der Waals surface area (Å²) in [6.07, 6.45) is 1.15. The summed E-state index contributed by atoms with van der Waals surface area (Å²) in [7, 11) is 0. The maximum atomic E-state index is 15.7. The second kappa shape index (κ2) is 9.82. The predicted octanol–water partition coefficient (Wildman–Crippen LogP) is 6.28. The number of halogens is 1. The summed E-state index contributed by atoms with van der Waals surface area (Å²) in [5, 5.41) is 9.80. The van der Waals surface area contributed by atoms with Gasteiger partial charge in [-0.3, -0.25) is 14.5 Å². The third-order valence-electron chi connectivity index (χ3n) is 8.57. The van der Waals surface area contributed by atoms with Crippen LogP contribution in [0, 0.1) is 11.8 Å². The van der Waals surface area contributed by atoms with E-state index in [0.29, 0.717) is 39.7 Å². The molecule has 3 heterocycles. The van der Waals surface area contributed by atoms with Crippen molar-refractivity contribution in [2.45, 2.75) is 44.6 Å². The Morgan fingerprint density at radius 3 is 2.46 bits per heavy atom. The van der Waals surface area contributed by atoms with Gasteiger partial charge in [-0.1, -0.05) is 37.3 Å². The van der Waals surface area contributed by atoms with Gasteiger partial charge < -0.3 is 19.5 Å². The van der Waals surface area contributed by atoms with Crippen molar-refractivity contribution in [1.29, 1.82) is 0 Å². The fourth-order valence-electron chi connectivity index (χ4n) is 6.95. The van der Waals surface area contributed by atoms with Crippen LogP contribution in [-0.2, 0) is 15.1 Å². The van der Waals surface area contributed by atoms with Gasteiger partial charge in [-0.05, 0) is 62.7 Å². The van der Waals surface area contributed by atoms with E-state index < -0.39 is 29.2 Å². The highest BCUT2D eigenvalue weighted by atomic mass is 19.1. The lowest BCUT2D eigenvalue weighted by Crippen LogP contribution is -2.45. The minimum atomic E-state index is -1.67. The molecule has 4 atom stereocenters. The van der Waals surface area contributed by atoms with Gasteiger partial charge in [0.05, 0.1) is 23.0 Å². The molecule has 1 spiro atoms. The predicted molar refractivity (Wildman–Crippen MR) is 155 cm³/mol. The van der Waals surface area contributed by atoms with Crippen LogP contribution in [0.4, 0.5) is 21.5 Å². The molecule has 7 nitrogen and oxygen atoms in total. The van der Waals surface area contributed by atoms with Crippen LogP contribution < -0.4 is 14.5 Å². The molecule has 3 aliphatic heterocycles. The molecule has 3 aliphatic rings. The largest absolute Gasteiger partial charge is 0.454 e. The highest BCUT2D eigenvalue weighted by Gasteiger charge is 2.66. The fourth-order valence-corrected chi connectivity index (χ4v) is 6.95. The Kier molecular flexibility index (Phi) is 6.51. The number of anilines is 3. The summed E-state index contributed by atoms with van der Waals surface area (Å²) in [6, 6.07) is 19.8. The molecule has 0 radical (unpaired) electrons. The van der Waals surface area contributed by atoms with Crippen molar-refractivity contribution in [3.05, 3.63) is 90.5 Å². The van der Waals surface area contributed by atoms with Crippen molar-refractivity contribution in [3.63, 3.8) is 0 Å². The first-order chi connectivity index (χ1) is 19.6. The number of fused-ring (bicyclic) bond motifs is 4. The molecule has 8 heteroatoms. The lowest BCUT2D eigenvalue weighted by Gasteiger charge is -2.32. The van der Waals surface area contributed by atoms with E-state index in [9.17, 15) is 14.7 Å². The summed E-state index contributed by atoms with van der Waals surface area (Å²) in [5.74, 6) is -0.842. The Labute approximate surface area is 238 Å². The molecule has 41 heavy (non-hydrogen) atoms. The Balaban J connectivity index is 1.56. The minimum Gasteiger partial charge on any atom is -0.454 e. The van der Waals surface area contributed by atoms with Crippen LogP contribution >= 0.6 is 0 Å². The molecule has 212 valence electrons. The van der Waals surface area contributed by atoms with E-state index in [1.165, 1.54) is 13.8 Å². The van der Waals surface area contributed by atoms with E-state index in [1.807, 2.05) is 31.2 Å². The van der Waals surface area contributed by atoms with E-state index in [4.69, 9.17) is 9.47 Å². The standard InChI is InChI=1S/C33H33FN2O5/c1-5-17-35-24-15-14-21(36-25-11-7-9-13-27(25)40-26-12-8-6-10-22(26)30(36)38)19-23(24)33(31(35)39)20(2)29(32(3,4)34)28(41-33)16-18-37/h5-15,19-20,28-29,37H,1,16-18H2,2-4H3/t20-,28+,29-,33+/m0/s1. The van der Waals surface area contributed by atoms with Crippen LogP contribution in [0.25, 0.3) is 0 Å². The number of hydrogen-bond donors (Lipinski definition) is 1. The number of ether oxygens (including phenoxy) is 2. The van der Waals surface area contributed by atoms with Crippen LogP contribution in [-0.4, -0.2) is 41.8 Å². The second-order valence-electron chi connectivity index (χ2n) is 11.4. The van der Waals surface area contributed by atoms with Gasteiger partial charge in [0.25, 0.3) is 11.8 Å². The Morgan fingerprint density at radius 1 is 1.05 bits per heavy atom. The molecule has 0 bridgehead atoms. The average Bonchev–Trinajstić information content (AvgIpc) is 3.31. The first-order valence-electron chi connectivity index (χ1n) is 13.9. The lowest BCUT2D eigenvalue weighted by atomic mass is 9.71. The van der Waals surface area contributed by atoms with Gasteiger partial charge in [-0.2, -0.15) is 0 Å². The number of hydrogen-bond acceptors (Lipinski definition) is 5. The molecule has 0 unspecified atom stereocenters. The first-order valence-corrected chi connectivity index (χ1v) is 13.9. The third kappa shape index (κ3) is 4.00. The molecule has 2 amide bonds. The lowest BCUT2D eigenvalue weighted by molar-refractivity contribution is -0.146. The van der Waals surface area contributed by atoms with E-state index in [2.05, 4.69) is 6.58 Å². The molecule has 3 aromatic rings. The summed E-state index contributed by atoms with van der Waals surface area (Å²) in [6.45, 7) is 8.69. The van der Waals surface area contributed by atoms with Gasteiger partial charge >= 0.3 is 0 Å². The highest BCUT2D eigenvalue weighted by Crippen LogP contribution is 2.59. The molecule has 1 N–H and O–H groups in total. The number of aliphatic hydroxyl groups excluding tert-OH is 1. The summed E-state index contributed by atoms with van der Waals surface area (Å²) >= 11 is 0. The van der Waals surface area contributed by atoms with Crippen LogP contribution in [0.5, 0.6) is 11.5 Å². The van der Waals surface area contributed by atoms with Crippen molar-refractivity contribution < 1.29 is 28.6 Å². The number of rotatable bonds is 6. The number of aliphatic hydroxyl groups is 1. The number of amides is 2.